The summed E-state index contributed by atoms with van der Waals surface area (Å²) in [4.78, 5) is 31.2. The average Bonchev–Trinajstić information content (AvgIpc) is 3.35. The Morgan fingerprint density at radius 1 is 1.27 bits per heavy atom. The lowest BCUT2D eigenvalue weighted by Crippen LogP contribution is -2.24. The fourth-order valence-corrected chi connectivity index (χ4v) is 4.75. The lowest BCUT2D eigenvalue weighted by molar-refractivity contribution is -0.117. The molecule has 2 aromatic carbocycles. The zero-order valence-corrected chi connectivity index (χ0v) is 18.0. The molecule has 0 bridgehead atoms. The van der Waals surface area contributed by atoms with E-state index in [1.807, 2.05) is 24.4 Å². The first-order valence-corrected chi connectivity index (χ1v) is 11.4. The third-order valence-electron chi connectivity index (χ3n) is 4.74. The molecule has 3 aromatic rings. The molecule has 1 N–H and O–H groups in total. The number of hydrogen-bond donors (Lipinski definition) is 1. The highest BCUT2D eigenvalue weighted by Crippen LogP contribution is 2.27. The first-order valence-electron chi connectivity index (χ1n) is 9.55. The van der Waals surface area contributed by atoms with E-state index in [-0.39, 0.29) is 17.5 Å². The fraction of sp³-hybridized carbons (Fsp3) is 0.227. The van der Waals surface area contributed by atoms with Crippen LogP contribution in [0.4, 0.5) is 15.8 Å². The van der Waals surface area contributed by atoms with Crippen LogP contribution in [0.3, 0.4) is 0 Å². The van der Waals surface area contributed by atoms with Crippen molar-refractivity contribution in [3.63, 3.8) is 0 Å². The minimum atomic E-state index is -0.521. The number of nitrogens with zero attached hydrogens (tertiary/aromatic N) is 2. The van der Waals surface area contributed by atoms with Gasteiger partial charge in [-0.3, -0.25) is 9.59 Å². The first-order chi connectivity index (χ1) is 14.5. The van der Waals surface area contributed by atoms with Gasteiger partial charge in [0, 0.05) is 40.2 Å². The van der Waals surface area contributed by atoms with Gasteiger partial charge in [0.05, 0.1) is 16.4 Å². The number of carbonyl (C=O) groups excluding carboxylic acids is 2. The minimum absolute atomic E-state index is 0.0754. The van der Waals surface area contributed by atoms with Crippen LogP contribution in [-0.4, -0.2) is 23.3 Å². The second kappa shape index (κ2) is 8.97. The van der Waals surface area contributed by atoms with Gasteiger partial charge in [-0.25, -0.2) is 9.37 Å². The molecule has 5 nitrogen and oxygen atoms in total. The van der Waals surface area contributed by atoms with Crippen LogP contribution in [0.15, 0.2) is 52.7 Å². The quantitative estimate of drug-likeness (QED) is 0.530. The van der Waals surface area contributed by atoms with Crippen LogP contribution in [0.5, 0.6) is 0 Å². The number of nitrogens with one attached hydrogen (secondary N) is 1. The lowest BCUT2D eigenvalue weighted by Gasteiger charge is -2.17. The fourth-order valence-electron chi connectivity index (χ4n) is 3.24. The van der Waals surface area contributed by atoms with Crippen molar-refractivity contribution in [2.24, 2.45) is 0 Å². The number of thioether (sulfide) groups is 1. The number of anilines is 2. The Hall–Kier alpha value is -2.71. The van der Waals surface area contributed by atoms with Gasteiger partial charge in [-0.05, 0) is 55.8 Å². The molecule has 1 fully saturated rings. The highest BCUT2D eigenvalue weighted by atomic mass is 32.2. The Morgan fingerprint density at radius 3 is 2.70 bits per heavy atom. The molecule has 2 heterocycles. The molecule has 1 saturated heterocycles. The zero-order valence-electron chi connectivity index (χ0n) is 16.4. The predicted octanol–water partition coefficient (Wildman–Crippen LogP) is 5.26. The molecule has 30 heavy (non-hydrogen) atoms. The van der Waals surface area contributed by atoms with Gasteiger partial charge in [-0.2, -0.15) is 0 Å². The second-order valence-corrected chi connectivity index (χ2v) is 9.05. The minimum Gasteiger partial charge on any atom is -0.322 e. The van der Waals surface area contributed by atoms with Crippen molar-refractivity contribution in [2.75, 3.05) is 16.8 Å². The topological polar surface area (TPSA) is 62.3 Å². The van der Waals surface area contributed by atoms with Crippen LogP contribution in [-0.2, 0) is 10.5 Å². The van der Waals surface area contributed by atoms with Crippen LogP contribution >= 0.6 is 23.1 Å². The van der Waals surface area contributed by atoms with E-state index in [9.17, 15) is 14.0 Å². The number of amides is 2. The first kappa shape index (κ1) is 20.6. The molecule has 0 radical (unpaired) electrons. The second-order valence-electron chi connectivity index (χ2n) is 6.94. The van der Waals surface area contributed by atoms with E-state index < -0.39 is 5.82 Å². The van der Waals surface area contributed by atoms with Crippen LogP contribution in [0.1, 0.15) is 33.9 Å². The average molecular weight is 442 g/mol. The number of hydrogen-bond acceptors (Lipinski definition) is 5. The highest BCUT2D eigenvalue weighted by molar-refractivity contribution is 7.98. The monoisotopic (exact) mass is 441 g/mol. The summed E-state index contributed by atoms with van der Waals surface area (Å²) in [5.74, 6) is -0.132. The molecule has 0 aliphatic carbocycles. The van der Waals surface area contributed by atoms with Crippen molar-refractivity contribution in [3.8, 4) is 0 Å². The smallest absolute Gasteiger partial charge is 0.255 e. The number of thiazole rings is 1. The van der Waals surface area contributed by atoms with Gasteiger partial charge in [-0.1, -0.05) is 0 Å². The van der Waals surface area contributed by atoms with Crippen molar-refractivity contribution < 1.29 is 14.0 Å². The molecule has 1 aliphatic heterocycles. The number of halogens is 1. The molecule has 8 heteroatoms. The van der Waals surface area contributed by atoms with Gasteiger partial charge >= 0.3 is 0 Å². The molecule has 4 rings (SSSR count). The third kappa shape index (κ3) is 4.71. The molecule has 1 aromatic heterocycles. The number of rotatable bonds is 6. The Bertz CT molecular complexity index is 1080. The Balaban J connectivity index is 1.37. The van der Waals surface area contributed by atoms with Crippen molar-refractivity contribution in [2.45, 2.75) is 30.4 Å². The number of aryl methyl sites for hydroxylation is 1. The van der Waals surface area contributed by atoms with Gasteiger partial charge in [0.25, 0.3) is 5.91 Å². The molecule has 0 atom stereocenters. The summed E-state index contributed by atoms with van der Waals surface area (Å²) in [6.45, 7) is 2.51. The van der Waals surface area contributed by atoms with Crippen molar-refractivity contribution >= 4 is 46.3 Å². The van der Waals surface area contributed by atoms with Crippen LogP contribution in [0, 0.1) is 12.7 Å². The molecule has 0 unspecified atom stereocenters. The van der Waals surface area contributed by atoms with Gasteiger partial charge in [0.1, 0.15) is 5.82 Å². The third-order valence-corrected chi connectivity index (χ3v) is 6.61. The number of aromatic nitrogens is 1. The van der Waals surface area contributed by atoms with Crippen molar-refractivity contribution in [1.29, 1.82) is 0 Å². The van der Waals surface area contributed by atoms with E-state index in [0.29, 0.717) is 24.2 Å². The van der Waals surface area contributed by atoms with Crippen molar-refractivity contribution in [1.82, 2.24) is 4.98 Å². The molecule has 2 amide bonds. The summed E-state index contributed by atoms with van der Waals surface area (Å²) in [5.41, 5.74) is 2.14. The van der Waals surface area contributed by atoms with Gasteiger partial charge in [-0.15, -0.1) is 23.1 Å². The maximum Gasteiger partial charge on any atom is 0.255 e. The molecular formula is C22H20FN3O2S2. The predicted molar refractivity (Wildman–Crippen MR) is 119 cm³/mol. The lowest BCUT2D eigenvalue weighted by atomic mass is 10.2. The van der Waals surface area contributed by atoms with Gasteiger partial charge in [0.15, 0.2) is 0 Å². The van der Waals surface area contributed by atoms with Gasteiger partial charge < -0.3 is 10.2 Å². The molecular weight excluding hydrogens is 421 g/mol. The number of benzene rings is 2. The summed E-state index contributed by atoms with van der Waals surface area (Å²) < 4.78 is 14.5. The summed E-state index contributed by atoms with van der Waals surface area (Å²) in [7, 11) is 0. The molecule has 0 spiro atoms. The Kier molecular flexibility index (Phi) is 6.15. The summed E-state index contributed by atoms with van der Waals surface area (Å²) in [5, 5.41) is 5.81. The van der Waals surface area contributed by atoms with Crippen LogP contribution in [0.2, 0.25) is 0 Å². The summed E-state index contributed by atoms with van der Waals surface area (Å²) >= 11 is 3.29. The Labute approximate surface area is 182 Å². The van der Waals surface area contributed by atoms with Crippen LogP contribution < -0.4 is 10.2 Å². The normalized spacial score (nSPS) is 13.7. The van der Waals surface area contributed by atoms with E-state index in [1.165, 1.54) is 17.0 Å². The van der Waals surface area contributed by atoms with E-state index in [4.69, 9.17) is 0 Å². The van der Waals surface area contributed by atoms with Gasteiger partial charge in [0.2, 0.25) is 5.91 Å². The van der Waals surface area contributed by atoms with E-state index >= 15 is 0 Å². The number of carbonyl (C=O) groups is 2. The summed E-state index contributed by atoms with van der Waals surface area (Å²) in [6.07, 6.45) is 1.17. The van der Waals surface area contributed by atoms with Crippen molar-refractivity contribution in [3.05, 3.63) is 69.9 Å². The van der Waals surface area contributed by atoms with Crippen LogP contribution in [0.25, 0.3) is 0 Å². The summed E-state index contributed by atoms with van der Waals surface area (Å²) in [6, 6.07) is 11.7. The largest absolute Gasteiger partial charge is 0.322 e. The van der Waals surface area contributed by atoms with E-state index in [0.717, 1.165) is 27.8 Å². The SMILES string of the molecule is Cc1nc(CSc2ccc(C(=O)Nc3ccc(N4CCCC4=O)c(F)c3)cc2)cs1. The van der Waals surface area contributed by atoms with E-state index in [2.05, 4.69) is 10.3 Å². The maximum atomic E-state index is 14.5. The molecule has 1 aliphatic rings. The molecule has 154 valence electrons. The standard InChI is InChI=1S/C22H20FN3O2S2/c1-14-24-17(12-29-14)13-30-18-7-4-15(5-8-18)22(28)25-16-6-9-20(19(23)11-16)26-10-2-3-21(26)27/h4-9,11-12H,2-3,10,13H2,1H3,(H,25,28). The van der Waals surface area contributed by atoms with E-state index in [1.54, 1.807) is 41.3 Å². The maximum absolute atomic E-state index is 14.5. The highest BCUT2D eigenvalue weighted by Gasteiger charge is 2.24. The zero-order chi connectivity index (χ0) is 21.1. The Morgan fingerprint density at radius 2 is 2.07 bits per heavy atom. The molecule has 0 saturated carbocycles.